The average molecular weight is 255 g/mol. The van der Waals surface area contributed by atoms with E-state index in [4.69, 9.17) is 5.11 Å². The van der Waals surface area contributed by atoms with E-state index in [-0.39, 0.29) is 11.2 Å². The van der Waals surface area contributed by atoms with E-state index in [0.29, 0.717) is 10.9 Å². The molecule has 0 aliphatic rings. The maximum Gasteiger partial charge on any atom is 0.416 e. The van der Waals surface area contributed by atoms with Crippen LogP contribution in [0.3, 0.4) is 0 Å². The molecule has 0 radical (unpaired) electrons. The monoisotopic (exact) mass is 255 g/mol. The number of hydrogen-bond donors (Lipinski definition) is 1. The van der Waals surface area contributed by atoms with Gasteiger partial charge in [0.15, 0.2) is 0 Å². The molecule has 1 heterocycles. The predicted octanol–water partition coefficient (Wildman–Crippen LogP) is 3.26. The second-order valence-electron chi connectivity index (χ2n) is 3.86. The van der Waals surface area contributed by atoms with Crippen molar-refractivity contribution >= 4 is 16.9 Å². The minimum absolute atomic E-state index is 0.181. The zero-order chi connectivity index (χ0) is 13.5. The van der Waals surface area contributed by atoms with Gasteiger partial charge in [0.2, 0.25) is 0 Å². The topological polar surface area (TPSA) is 50.2 Å². The lowest BCUT2D eigenvalue weighted by Gasteiger charge is -2.09. The number of aromatic carboxylic acids is 1. The van der Waals surface area contributed by atoms with Crippen molar-refractivity contribution in [3.05, 3.63) is 41.1 Å². The molecule has 1 N–H and O–H groups in total. The number of carboxylic acid groups (broad SMARTS) is 1. The molecule has 0 saturated carbocycles. The number of hydrogen-bond acceptors (Lipinski definition) is 2. The first-order chi connectivity index (χ1) is 8.29. The second-order valence-corrected chi connectivity index (χ2v) is 3.86. The van der Waals surface area contributed by atoms with E-state index in [0.717, 1.165) is 12.1 Å². The number of carboxylic acids is 1. The van der Waals surface area contributed by atoms with E-state index in [1.807, 2.05) is 0 Å². The number of halogens is 3. The van der Waals surface area contributed by atoms with E-state index in [9.17, 15) is 18.0 Å². The Morgan fingerprint density at radius 3 is 2.50 bits per heavy atom. The minimum atomic E-state index is -4.42. The van der Waals surface area contributed by atoms with Gasteiger partial charge in [-0.15, -0.1) is 0 Å². The zero-order valence-corrected chi connectivity index (χ0v) is 9.25. The van der Waals surface area contributed by atoms with E-state index < -0.39 is 17.7 Å². The second kappa shape index (κ2) is 3.97. The van der Waals surface area contributed by atoms with Gasteiger partial charge in [0.1, 0.15) is 5.69 Å². The fourth-order valence-corrected chi connectivity index (χ4v) is 1.68. The van der Waals surface area contributed by atoms with Crippen LogP contribution in [-0.4, -0.2) is 16.1 Å². The third-order valence-corrected chi connectivity index (χ3v) is 2.56. The molecular weight excluding hydrogens is 247 g/mol. The van der Waals surface area contributed by atoms with E-state index >= 15 is 0 Å². The Bertz CT molecular complexity index is 635. The largest absolute Gasteiger partial charge is 0.477 e. The predicted molar refractivity (Wildman–Crippen MR) is 58.4 cm³/mol. The van der Waals surface area contributed by atoms with Gasteiger partial charge in [0.25, 0.3) is 0 Å². The number of rotatable bonds is 1. The maximum atomic E-state index is 12.5. The van der Waals surface area contributed by atoms with Crippen LogP contribution in [0.25, 0.3) is 10.9 Å². The lowest BCUT2D eigenvalue weighted by molar-refractivity contribution is -0.137. The molecule has 0 aliphatic carbocycles. The number of fused-ring (bicyclic) bond motifs is 1. The molecule has 2 rings (SSSR count). The van der Waals surface area contributed by atoms with Crippen LogP contribution < -0.4 is 0 Å². The summed E-state index contributed by atoms with van der Waals surface area (Å²) < 4.78 is 37.6. The van der Waals surface area contributed by atoms with Crippen LogP contribution >= 0.6 is 0 Å². The molecule has 0 aliphatic heterocycles. The van der Waals surface area contributed by atoms with Crippen molar-refractivity contribution in [2.24, 2.45) is 0 Å². The standard InChI is InChI=1S/C12H8F3NO2/c1-6-4-10(11(17)18)16-9-3-2-7(5-8(6)9)12(13,14)15/h2-5H,1H3,(H,17,18). The first-order valence-corrected chi connectivity index (χ1v) is 5.01. The number of nitrogens with zero attached hydrogens (tertiary/aromatic N) is 1. The lowest BCUT2D eigenvalue weighted by atomic mass is 10.1. The Morgan fingerprint density at radius 2 is 1.94 bits per heavy atom. The lowest BCUT2D eigenvalue weighted by Crippen LogP contribution is -2.06. The van der Waals surface area contributed by atoms with Gasteiger partial charge >= 0.3 is 12.1 Å². The zero-order valence-electron chi connectivity index (χ0n) is 9.25. The fraction of sp³-hybridized carbons (Fsp3) is 0.167. The van der Waals surface area contributed by atoms with Gasteiger partial charge in [-0.25, -0.2) is 9.78 Å². The van der Waals surface area contributed by atoms with E-state index in [2.05, 4.69) is 4.98 Å². The fourth-order valence-electron chi connectivity index (χ4n) is 1.68. The Hall–Kier alpha value is -2.11. The van der Waals surface area contributed by atoms with Crippen molar-refractivity contribution in [3.63, 3.8) is 0 Å². The molecule has 3 nitrogen and oxygen atoms in total. The number of benzene rings is 1. The minimum Gasteiger partial charge on any atom is -0.477 e. The molecule has 94 valence electrons. The Morgan fingerprint density at radius 1 is 1.28 bits per heavy atom. The van der Waals surface area contributed by atoms with Crippen molar-refractivity contribution in [2.75, 3.05) is 0 Å². The summed E-state index contributed by atoms with van der Waals surface area (Å²) in [4.78, 5) is 14.6. The third-order valence-electron chi connectivity index (χ3n) is 2.56. The van der Waals surface area contributed by atoms with Gasteiger partial charge in [0, 0.05) is 5.39 Å². The first-order valence-electron chi connectivity index (χ1n) is 5.01. The van der Waals surface area contributed by atoms with E-state index in [1.165, 1.54) is 12.1 Å². The van der Waals surface area contributed by atoms with Crippen molar-refractivity contribution < 1.29 is 23.1 Å². The number of pyridine rings is 1. The van der Waals surface area contributed by atoms with Crippen molar-refractivity contribution in [3.8, 4) is 0 Å². The quantitative estimate of drug-likeness (QED) is 0.850. The van der Waals surface area contributed by atoms with Crippen LogP contribution in [0.2, 0.25) is 0 Å². The molecule has 2 aromatic rings. The molecule has 6 heteroatoms. The highest BCUT2D eigenvalue weighted by atomic mass is 19.4. The van der Waals surface area contributed by atoms with E-state index in [1.54, 1.807) is 6.92 Å². The first kappa shape index (κ1) is 12.3. The summed E-state index contributed by atoms with van der Waals surface area (Å²) in [6.45, 7) is 1.55. The highest BCUT2D eigenvalue weighted by Crippen LogP contribution is 2.32. The average Bonchev–Trinajstić information content (AvgIpc) is 2.27. The van der Waals surface area contributed by atoms with Crippen LogP contribution in [0.5, 0.6) is 0 Å². The van der Waals surface area contributed by atoms with Gasteiger partial charge < -0.3 is 5.11 Å². The molecule has 1 aromatic heterocycles. The van der Waals surface area contributed by atoms with Gasteiger partial charge in [-0.2, -0.15) is 13.2 Å². The molecular formula is C12H8F3NO2. The molecule has 0 fully saturated rings. The number of aromatic nitrogens is 1. The molecule has 0 saturated heterocycles. The van der Waals surface area contributed by atoms with Crippen LogP contribution in [-0.2, 0) is 6.18 Å². The van der Waals surface area contributed by atoms with Gasteiger partial charge in [0.05, 0.1) is 11.1 Å². The summed E-state index contributed by atoms with van der Waals surface area (Å²) in [6.07, 6.45) is -4.42. The van der Waals surface area contributed by atoms with Crippen LogP contribution in [0, 0.1) is 6.92 Å². The van der Waals surface area contributed by atoms with Crippen LogP contribution in [0.4, 0.5) is 13.2 Å². The highest BCUT2D eigenvalue weighted by molar-refractivity contribution is 5.91. The van der Waals surface area contributed by atoms with Gasteiger partial charge in [-0.1, -0.05) is 0 Å². The summed E-state index contributed by atoms with van der Waals surface area (Å²) in [7, 11) is 0. The highest BCUT2D eigenvalue weighted by Gasteiger charge is 2.30. The normalized spacial score (nSPS) is 11.8. The molecule has 0 bridgehead atoms. The third kappa shape index (κ3) is 2.13. The maximum absolute atomic E-state index is 12.5. The smallest absolute Gasteiger partial charge is 0.416 e. The number of carbonyl (C=O) groups is 1. The summed E-state index contributed by atoms with van der Waals surface area (Å²) in [5.41, 5.74) is -0.272. The number of alkyl halides is 3. The summed E-state index contributed by atoms with van der Waals surface area (Å²) in [6, 6.07) is 4.30. The summed E-state index contributed by atoms with van der Waals surface area (Å²) in [5.74, 6) is -1.21. The van der Waals surface area contributed by atoms with Crippen molar-refractivity contribution in [2.45, 2.75) is 13.1 Å². The molecule has 0 atom stereocenters. The van der Waals surface area contributed by atoms with Crippen LogP contribution in [0.15, 0.2) is 24.3 Å². The molecule has 0 amide bonds. The summed E-state index contributed by atoms with van der Waals surface area (Å²) in [5, 5.41) is 9.11. The number of aryl methyl sites for hydroxylation is 1. The Kier molecular flexibility index (Phi) is 2.73. The molecule has 1 aromatic carbocycles. The SMILES string of the molecule is Cc1cc(C(=O)O)nc2ccc(C(F)(F)F)cc12. The van der Waals surface area contributed by atoms with Crippen molar-refractivity contribution in [1.29, 1.82) is 0 Å². The van der Waals surface area contributed by atoms with Gasteiger partial charge in [-0.3, -0.25) is 0 Å². The summed E-state index contributed by atoms with van der Waals surface area (Å²) >= 11 is 0. The van der Waals surface area contributed by atoms with Crippen molar-refractivity contribution in [1.82, 2.24) is 4.98 Å². The molecule has 18 heavy (non-hydrogen) atoms. The Labute approximate surface area is 99.9 Å². The van der Waals surface area contributed by atoms with Crippen LogP contribution in [0.1, 0.15) is 21.6 Å². The molecule has 0 unspecified atom stereocenters. The molecule has 0 spiro atoms. The Balaban J connectivity index is 2.69. The van der Waals surface area contributed by atoms with Gasteiger partial charge in [-0.05, 0) is 36.8 Å².